The molecule has 0 saturated carbocycles. The van der Waals surface area contributed by atoms with E-state index in [2.05, 4.69) is 6.58 Å². The van der Waals surface area contributed by atoms with Crippen molar-refractivity contribution < 1.29 is 14.3 Å². The number of rotatable bonds is 7. The summed E-state index contributed by atoms with van der Waals surface area (Å²) in [5, 5.41) is 0. The summed E-state index contributed by atoms with van der Waals surface area (Å²) in [6.45, 7) is 8.96. The summed E-state index contributed by atoms with van der Waals surface area (Å²) in [6, 6.07) is 5.89. The maximum absolute atomic E-state index is 12.2. The first-order valence-corrected chi connectivity index (χ1v) is 7.79. The molecule has 1 aromatic rings. The largest absolute Gasteiger partial charge is 0.440 e. The lowest BCUT2D eigenvalue weighted by molar-refractivity contribution is -0.139. The van der Waals surface area contributed by atoms with Gasteiger partial charge in [0.2, 0.25) is 5.91 Å². The summed E-state index contributed by atoms with van der Waals surface area (Å²) in [5.41, 5.74) is 3.11. The zero-order chi connectivity index (χ0) is 16.7. The Labute approximate surface area is 136 Å². The zero-order valence-corrected chi connectivity index (χ0v) is 14.1. The molecule has 22 heavy (non-hydrogen) atoms. The molecule has 0 aliphatic heterocycles. The van der Waals surface area contributed by atoms with Gasteiger partial charge in [-0.15, -0.1) is 11.6 Å². The summed E-state index contributed by atoms with van der Waals surface area (Å²) >= 11 is 5.72. The summed E-state index contributed by atoms with van der Waals surface area (Å²) < 4.78 is 5.15. The van der Waals surface area contributed by atoms with Crippen molar-refractivity contribution >= 4 is 29.2 Å². The molecule has 0 N–H and O–H groups in total. The second-order valence-electron chi connectivity index (χ2n) is 4.93. The number of halogens is 1. The Morgan fingerprint density at radius 2 is 1.77 bits per heavy atom. The first kappa shape index (κ1) is 18.2. The van der Waals surface area contributed by atoms with Crippen LogP contribution in [0.3, 0.4) is 0 Å². The van der Waals surface area contributed by atoms with Crippen molar-refractivity contribution in [3.05, 3.63) is 41.5 Å². The lowest BCUT2D eigenvalue weighted by atomic mass is 10.0. The van der Waals surface area contributed by atoms with Gasteiger partial charge in [-0.1, -0.05) is 38.6 Å². The van der Waals surface area contributed by atoms with Gasteiger partial charge in [-0.2, -0.15) is 0 Å². The van der Waals surface area contributed by atoms with Gasteiger partial charge in [0.1, 0.15) is 5.88 Å². The van der Waals surface area contributed by atoms with Crippen LogP contribution in [0.1, 0.15) is 31.9 Å². The zero-order valence-electron chi connectivity index (χ0n) is 13.3. The van der Waals surface area contributed by atoms with Crippen molar-refractivity contribution in [1.82, 2.24) is 0 Å². The van der Waals surface area contributed by atoms with Gasteiger partial charge in [-0.3, -0.25) is 9.69 Å². The van der Waals surface area contributed by atoms with Crippen LogP contribution in [0.2, 0.25) is 0 Å². The lowest BCUT2D eigenvalue weighted by Crippen LogP contribution is -2.36. The number of amides is 1. The Morgan fingerprint density at radius 3 is 2.18 bits per heavy atom. The molecule has 0 saturated heterocycles. The lowest BCUT2D eigenvalue weighted by Gasteiger charge is -2.26. The number of benzene rings is 1. The molecule has 0 aromatic heterocycles. The number of nitrogens with zero attached hydrogens (tertiary/aromatic N) is 1. The van der Waals surface area contributed by atoms with E-state index in [0.29, 0.717) is 0 Å². The van der Waals surface area contributed by atoms with Gasteiger partial charge < -0.3 is 4.74 Å². The van der Waals surface area contributed by atoms with Crippen LogP contribution in [-0.2, 0) is 27.2 Å². The van der Waals surface area contributed by atoms with Crippen molar-refractivity contribution in [1.29, 1.82) is 0 Å². The number of para-hydroxylation sites is 1. The second kappa shape index (κ2) is 8.59. The molecule has 0 heterocycles. The molecular formula is C17H22ClNO3. The molecule has 1 rings (SSSR count). The predicted octanol–water partition coefficient (Wildman–Crippen LogP) is 3.46. The quantitative estimate of drug-likeness (QED) is 0.334. The van der Waals surface area contributed by atoms with Gasteiger partial charge in [0.25, 0.3) is 0 Å². The number of aryl methyl sites for hydroxylation is 2. The van der Waals surface area contributed by atoms with Crippen LogP contribution in [0.4, 0.5) is 5.69 Å². The van der Waals surface area contributed by atoms with Gasteiger partial charge in [0.05, 0.1) is 5.69 Å². The predicted molar refractivity (Wildman–Crippen MR) is 89.2 cm³/mol. The van der Waals surface area contributed by atoms with E-state index in [0.717, 1.165) is 29.7 Å². The number of hydrogen-bond donors (Lipinski definition) is 0. The second-order valence-corrected chi connectivity index (χ2v) is 5.20. The van der Waals surface area contributed by atoms with E-state index in [4.69, 9.17) is 16.3 Å². The van der Waals surface area contributed by atoms with Crippen LogP contribution in [-0.4, -0.2) is 24.5 Å². The van der Waals surface area contributed by atoms with Crippen LogP contribution in [0.25, 0.3) is 0 Å². The maximum Gasteiger partial charge on any atom is 0.334 e. The normalized spacial score (nSPS) is 10.2. The summed E-state index contributed by atoms with van der Waals surface area (Å²) in [6.07, 6.45) is 1.54. The summed E-state index contributed by atoms with van der Waals surface area (Å²) in [4.78, 5) is 25.3. The maximum atomic E-state index is 12.2. The Hall–Kier alpha value is -1.81. The van der Waals surface area contributed by atoms with Crippen LogP contribution in [0.15, 0.2) is 30.4 Å². The molecule has 0 atom stereocenters. The fraction of sp³-hybridized carbons (Fsp3) is 0.412. The molecule has 0 aliphatic carbocycles. The molecule has 120 valence electrons. The van der Waals surface area contributed by atoms with Gasteiger partial charge in [0, 0.05) is 5.57 Å². The Bertz CT molecular complexity index is 547. The molecule has 4 nitrogen and oxygen atoms in total. The number of hydrogen-bond acceptors (Lipinski definition) is 3. The summed E-state index contributed by atoms with van der Waals surface area (Å²) in [5.74, 6) is -1.00. The fourth-order valence-electron chi connectivity index (χ4n) is 2.14. The van der Waals surface area contributed by atoms with Crippen LogP contribution in [0, 0.1) is 0 Å². The van der Waals surface area contributed by atoms with Crippen LogP contribution in [0.5, 0.6) is 0 Å². The van der Waals surface area contributed by atoms with Crippen molar-refractivity contribution in [2.45, 2.75) is 33.6 Å². The molecule has 0 unspecified atom stereocenters. The van der Waals surface area contributed by atoms with Crippen molar-refractivity contribution in [2.24, 2.45) is 0 Å². The van der Waals surface area contributed by atoms with Gasteiger partial charge in [-0.05, 0) is 30.9 Å². The van der Waals surface area contributed by atoms with E-state index in [1.807, 2.05) is 32.0 Å². The van der Waals surface area contributed by atoms with E-state index in [1.54, 1.807) is 6.92 Å². The highest BCUT2D eigenvalue weighted by atomic mass is 35.5. The summed E-state index contributed by atoms with van der Waals surface area (Å²) in [7, 11) is 0. The van der Waals surface area contributed by atoms with Gasteiger partial charge in [0.15, 0.2) is 6.73 Å². The van der Waals surface area contributed by atoms with Crippen molar-refractivity contribution in [2.75, 3.05) is 17.5 Å². The van der Waals surface area contributed by atoms with Gasteiger partial charge in [-0.25, -0.2) is 4.79 Å². The van der Waals surface area contributed by atoms with E-state index in [1.165, 1.54) is 4.90 Å². The smallest absolute Gasteiger partial charge is 0.334 e. The number of anilines is 1. The number of esters is 1. The SMILES string of the molecule is C=C(C)C(=O)OCN(C(=O)CCl)c1c(CC)cccc1CC. The number of alkyl halides is 1. The first-order chi connectivity index (χ1) is 10.5. The minimum Gasteiger partial charge on any atom is -0.440 e. The van der Waals surface area contributed by atoms with E-state index in [-0.39, 0.29) is 24.1 Å². The third-order valence-corrected chi connectivity index (χ3v) is 3.55. The molecule has 5 heteroatoms. The van der Waals surface area contributed by atoms with E-state index >= 15 is 0 Å². The monoisotopic (exact) mass is 323 g/mol. The Morgan fingerprint density at radius 1 is 1.23 bits per heavy atom. The fourth-order valence-corrected chi connectivity index (χ4v) is 2.29. The molecule has 0 spiro atoms. The van der Waals surface area contributed by atoms with Crippen LogP contribution >= 0.6 is 11.6 Å². The molecule has 0 radical (unpaired) electrons. The standard InChI is InChI=1S/C17H22ClNO3/c1-5-13-8-7-9-14(6-2)16(13)19(15(20)10-18)11-22-17(21)12(3)4/h7-9H,3,5-6,10-11H2,1-2,4H3. The number of ether oxygens (including phenoxy) is 1. The molecule has 0 aliphatic rings. The molecule has 1 aromatic carbocycles. The minimum absolute atomic E-state index is 0.165. The minimum atomic E-state index is -0.528. The van der Waals surface area contributed by atoms with E-state index in [9.17, 15) is 9.59 Å². The highest BCUT2D eigenvalue weighted by Crippen LogP contribution is 2.27. The third kappa shape index (κ3) is 4.34. The molecule has 1 amide bonds. The van der Waals surface area contributed by atoms with Crippen LogP contribution < -0.4 is 4.90 Å². The Balaban J connectivity index is 3.20. The van der Waals surface area contributed by atoms with Gasteiger partial charge >= 0.3 is 5.97 Å². The van der Waals surface area contributed by atoms with Crippen molar-refractivity contribution in [3.63, 3.8) is 0 Å². The average molecular weight is 324 g/mol. The highest BCUT2D eigenvalue weighted by Gasteiger charge is 2.21. The molecular weight excluding hydrogens is 302 g/mol. The highest BCUT2D eigenvalue weighted by molar-refractivity contribution is 6.29. The number of carbonyl (C=O) groups is 2. The molecule has 0 bridgehead atoms. The average Bonchev–Trinajstić information content (AvgIpc) is 2.53. The van der Waals surface area contributed by atoms with E-state index < -0.39 is 5.97 Å². The Kier molecular flexibility index (Phi) is 7.12. The van der Waals surface area contributed by atoms with Crippen molar-refractivity contribution in [3.8, 4) is 0 Å². The first-order valence-electron chi connectivity index (χ1n) is 7.25. The molecule has 0 fully saturated rings. The third-order valence-electron chi connectivity index (χ3n) is 3.32. The number of carbonyl (C=O) groups excluding carboxylic acids is 2. The topological polar surface area (TPSA) is 46.6 Å².